The number of rotatable bonds is 7. The summed E-state index contributed by atoms with van der Waals surface area (Å²) in [5.41, 5.74) is 0. The lowest BCUT2D eigenvalue weighted by Gasteiger charge is -2.13. The summed E-state index contributed by atoms with van der Waals surface area (Å²) in [6.07, 6.45) is 0. The summed E-state index contributed by atoms with van der Waals surface area (Å²) in [7, 11) is 0. The highest BCUT2D eigenvalue weighted by Crippen LogP contribution is 2.35. The van der Waals surface area contributed by atoms with Crippen molar-refractivity contribution >= 4 is 40.8 Å². The van der Waals surface area contributed by atoms with Crippen molar-refractivity contribution in [1.82, 2.24) is 20.8 Å². The highest BCUT2D eigenvalue weighted by Gasteiger charge is 2.09. The molecule has 2 rings (SSSR count). The maximum absolute atomic E-state index is 6.07. The zero-order chi connectivity index (χ0) is 18.2. The first-order chi connectivity index (χ1) is 12.0. The number of aromatic nitrogens is 2. The molecule has 0 aliphatic carbocycles. The molecule has 2 aromatic rings. The molecule has 0 amide bonds. The van der Waals surface area contributed by atoms with Gasteiger partial charge < -0.3 is 19.9 Å². The molecule has 1 aromatic carbocycles. The number of hydrogen-bond acceptors (Lipinski definition) is 5. The molecule has 7 nitrogen and oxygen atoms in total. The van der Waals surface area contributed by atoms with Gasteiger partial charge in [-0.25, -0.2) is 4.99 Å². The quantitative estimate of drug-likeness (QED) is 0.416. The van der Waals surface area contributed by atoms with Crippen molar-refractivity contribution in [2.45, 2.75) is 20.4 Å². The molecule has 0 atom stereocenters. The first-order valence-electron chi connectivity index (χ1n) is 7.58. The number of benzene rings is 1. The standard InChI is InChI=1S/C15H18Cl3N5O2/c1-3-19-15(21-8-13-22-9(2)25-23-13)20-4-5-24-14-11(17)6-10(16)7-12(14)18/h6-7H,3-5,8H2,1-2H3,(H2,19,20,21). The Morgan fingerprint density at radius 2 is 1.96 bits per heavy atom. The van der Waals surface area contributed by atoms with Gasteiger partial charge in [-0.3, -0.25) is 0 Å². The van der Waals surface area contributed by atoms with E-state index in [1.165, 1.54) is 0 Å². The Bertz CT molecular complexity index is 713. The van der Waals surface area contributed by atoms with Crippen LogP contribution >= 0.6 is 34.8 Å². The van der Waals surface area contributed by atoms with Gasteiger partial charge >= 0.3 is 0 Å². The third-order valence-electron chi connectivity index (χ3n) is 2.90. The molecular formula is C15H18Cl3N5O2. The number of nitrogens with one attached hydrogen (secondary N) is 2. The van der Waals surface area contributed by atoms with Crippen molar-refractivity contribution < 1.29 is 9.26 Å². The Balaban J connectivity index is 1.85. The van der Waals surface area contributed by atoms with Crippen LogP contribution in [0.25, 0.3) is 0 Å². The van der Waals surface area contributed by atoms with Gasteiger partial charge in [0, 0.05) is 18.5 Å². The van der Waals surface area contributed by atoms with E-state index in [1.54, 1.807) is 19.1 Å². The fourth-order valence-corrected chi connectivity index (χ4v) is 2.81. The van der Waals surface area contributed by atoms with Crippen LogP contribution in [-0.2, 0) is 6.54 Å². The van der Waals surface area contributed by atoms with Crippen LogP contribution in [0.4, 0.5) is 0 Å². The van der Waals surface area contributed by atoms with Gasteiger partial charge in [-0.1, -0.05) is 40.0 Å². The molecule has 0 saturated carbocycles. The molecule has 0 fully saturated rings. The van der Waals surface area contributed by atoms with Gasteiger partial charge in [0.05, 0.1) is 16.6 Å². The zero-order valence-corrected chi connectivity index (χ0v) is 16.0. The van der Waals surface area contributed by atoms with E-state index in [2.05, 4.69) is 25.8 Å². The van der Waals surface area contributed by atoms with Crippen LogP contribution in [0.3, 0.4) is 0 Å². The summed E-state index contributed by atoms with van der Waals surface area (Å²) in [4.78, 5) is 8.47. The molecule has 10 heteroatoms. The fourth-order valence-electron chi connectivity index (χ4n) is 1.89. The van der Waals surface area contributed by atoms with E-state index >= 15 is 0 Å². The molecular weight excluding hydrogens is 389 g/mol. The van der Waals surface area contributed by atoms with Crippen molar-refractivity contribution in [3.8, 4) is 5.75 Å². The maximum atomic E-state index is 6.07. The smallest absolute Gasteiger partial charge is 0.223 e. The second-order valence-electron chi connectivity index (χ2n) is 4.90. The lowest BCUT2D eigenvalue weighted by molar-refractivity contribution is 0.322. The van der Waals surface area contributed by atoms with Gasteiger partial charge in [0.15, 0.2) is 17.5 Å². The predicted molar refractivity (Wildman–Crippen MR) is 98.8 cm³/mol. The molecule has 136 valence electrons. The van der Waals surface area contributed by atoms with E-state index in [4.69, 9.17) is 44.1 Å². The van der Waals surface area contributed by atoms with Gasteiger partial charge in [0.1, 0.15) is 13.2 Å². The van der Waals surface area contributed by atoms with Crippen LogP contribution in [-0.4, -0.2) is 35.8 Å². The van der Waals surface area contributed by atoms with Crippen molar-refractivity contribution in [3.63, 3.8) is 0 Å². The number of ether oxygens (including phenoxy) is 1. The average Bonchev–Trinajstić information content (AvgIpc) is 2.96. The first-order valence-corrected chi connectivity index (χ1v) is 8.71. The molecule has 0 aliphatic rings. The predicted octanol–water partition coefficient (Wildman–Crippen LogP) is 3.47. The van der Waals surface area contributed by atoms with Crippen molar-refractivity contribution in [2.24, 2.45) is 4.99 Å². The molecule has 1 heterocycles. The topological polar surface area (TPSA) is 84.6 Å². The van der Waals surface area contributed by atoms with E-state index < -0.39 is 0 Å². The molecule has 0 aliphatic heterocycles. The molecule has 2 N–H and O–H groups in total. The van der Waals surface area contributed by atoms with E-state index in [1.807, 2.05) is 6.92 Å². The molecule has 0 saturated heterocycles. The van der Waals surface area contributed by atoms with E-state index in [-0.39, 0.29) is 0 Å². The second-order valence-corrected chi connectivity index (χ2v) is 6.15. The van der Waals surface area contributed by atoms with Crippen LogP contribution in [0.15, 0.2) is 21.6 Å². The highest BCUT2D eigenvalue weighted by molar-refractivity contribution is 6.40. The average molecular weight is 407 g/mol. The Hall–Kier alpha value is -1.70. The minimum absolute atomic E-state index is 0.308. The molecule has 0 radical (unpaired) electrons. The third kappa shape index (κ3) is 6.26. The Kier molecular flexibility index (Phi) is 7.61. The number of guanidine groups is 1. The summed E-state index contributed by atoms with van der Waals surface area (Å²) in [6.45, 7) is 5.56. The Morgan fingerprint density at radius 1 is 1.24 bits per heavy atom. The van der Waals surface area contributed by atoms with E-state index in [9.17, 15) is 0 Å². The lowest BCUT2D eigenvalue weighted by atomic mass is 10.3. The molecule has 0 bridgehead atoms. The van der Waals surface area contributed by atoms with Crippen LogP contribution < -0.4 is 15.4 Å². The third-order valence-corrected chi connectivity index (χ3v) is 3.68. The van der Waals surface area contributed by atoms with Gasteiger partial charge in [0.2, 0.25) is 5.89 Å². The highest BCUT2D eigenvalue weighted by atomic mass is 35.5. The van der Waals surface area contributed by atoms with Crippen LogP contribution in [0, 0.1) is 6.92 Å². The SMILES string of the molecule is CCNC(=NCc1noc(C)n1)NCCOc1c(Cl)cc(Cl)cc1Cl. The van der Waals surface area contributed by atoms with Crippen LogP contribution in [0.2, 0.25) is 15.1 Å². The van der Waals surface area contributed by atoms with Gasteiger partial charge in [0.25, 0.3) is 0 Å². The van der Waals surface area contributed by atoms with Gasteiger partial charge in [-0.05, 0) is 19.1 Å². The minimum Gasteiger partial charge on any atom is -0.489 e. The maximum Gasteiger partial charge on any atom is 0.223 e. The first kappa shape index (κ1) is 19.6. The van der Waals surface area contributed by atoms with Gasteiger partial charge in [-0.15, -0.1) is 0 Å². The van der Waals surface area contributed by atoms with Crippen molar-refractivity contribution in [3.05, 3.63) is 38.9 Å². The number of hydrogen-bond donors (Lipinski definition) is 2. The fraction of sp³-hybridized carbons (Fsp3) is 0.400. The normalized spacial score (nSPS) is 11.5. The largest absolute Gasteiger partial charge is 0.489 e. The van der Waals surface area contributed by atoms with Crippen molar-refractivity contribution in [2.75, 3.05) is 19.7 Å². The molecule has 25 heavy (non-hydrogen) atoms. The summed E-state index contributed by atoms with van der Waals surface area (Å²) in [6, 6.07) is 3.16. The summed E-state index contributed by atoms with van der Waals surface area (Å²) in [5.74, 6) is 2.04. The summed E-state index contributed by atoms with van der Waals surface area (Å²) in [5, 5.41) is 11.2. The van der Waals surface area contributed by atoms with E-state index in [0.717, 1.165) is 0 Å². The lowest BCUT2D eigenvalue weighted by Crippen LogP contribution is -2.39. The molecule has 0 unspecified atom stereocenters. The number of nitrogens with zero attached hydrogens (tertiary/aromatic N) is 3. The van der Waals surface area contributed by atoms with Crippen molar-refractivity contribution in [1.29, 1.82) is 0 Å². The monoisotopic (exact) mass is 405 g/mol. The van der Waals surface area contributed by atoms with E-state index in [0.29, 0.717) is 64.7 Å². The minimum atomic E-state index is 0.308. The number of aliphatic imine (C=N–C) groups is 1. The Morgan fingerprint density at radius 3 is 2.56 bits per heavy atom. The zero-order valence-electron chi connectivity index (χ0n) is 13.8. The number of aryl methyl sites for hydroxylation is 1. The molecule has 1 aromatic heterocycles. The molecule has 0 spiro atoms. The second kappa shape index (κ2) is 9.70. The number of halogens is 3. The Labute approximate surface area is 160 Å². The van der Waals surface area contributed by atoms with Gasteiger partial charge in [-0.2, -0.15) is 4.98 Å². The summed E-state index contributed by atoms with van der Waals surface area (Å²) >= 11 is 18.0. The van der Waals surface area contributed by atoms with Crippen LogP contribution in [0.5, 0.6) is 5.75 Å². The summed E-state index contributed by atoms with van der Waals surface area (Å²) < 4.78 is 10.5. The van der Waals surface area contributed by atoms with Crippen LogP contribution in [0.1, 0.15) is 18.6 Å².